The largest absolute Gasteiger partial charge is 0.394 e. The van der Waals surface area contributed by atoms with Gasteiger partial charge in [-0.1, -0.05) is 30.3 Å². The van der Waals surface area contributed by atoms with E-state index >= 15 is 0 Å². The zero-order valence-electron chi connectivity index (χ0n) is 11.8. The molecule has 1 aromatic heterocycles. The monoisotopic (exact) mass is 305 g/mol. The molecule has 0 aliphatic heterocycles. The first kappa shape index (κ1) is 15.6. The Bertz CT molecular complexity index is 584. The smallest absolute Gasteiger partial charge is 0.271 e. The van der Waals surface area contributed by atoms with Gasteiger partial charge in [0.25, 0.3) is 5.91 Å². The minimum atomic E-state index is -0.333. The van der Waals surface area contributed by atoms with Crippen LogP contribution in [0.1, 0.15) is 34.0 Å². The number of rotatable bonds is 6. The lowest BCUT2D eigenvalue weighted by Crippen LogP contribution is -2.39. The van der Waals surface area contributed by atoms with Crippen molar-refractivity contribution in [2.45, 2.75) is 25.4 Å². The normalized spacial score (nSPS) is 13.7. The fraction of sp³-hybridized carbons (Fsp3) is 0.333. The van der Waals surface area contributed by atoms with Crippen LogP contribution in [0.3, 0.4) is 0 Å². The molecule has 2 aromatic rings. The first-order chi connectivity index (χ1) is 10.1. The Morgan fingerprint density at radius 3 is 2.71 bits per heavy atom. The molecule has 6 heteroatoms. The Balaban J connectivity index is 1.99. The highest BCUT2D eigenvalue weighted by atomic mass is 32.1. The van der Waals surface area contributed by atoms with Crippen LogP contribution in [-0.2, 0) is 6.42 Å². The first-order valence-electron chi connectivity index (χ1n) is 6.76. The van der Waals surface area contributed by atoms with Crippen LogP contribution in [0.2, 0.25) is 0 Å². The highest BCUT2D eigenvalue weighted by Crippen LogP contribution is 2.16. The van der Waals surface area contributed by atoms with E-state index in [9.17, 15) is 9.90 Å². The number of aromatic nitrogens is 1. The summed E-state index contributed by atoms with van der Waals surface area (Å²) in [5.74, 6) is -0.284. The number of nitrogens with zero attached hydrogens (tertiary/aromatic N) is 1. The van der Waals surface area contributed by atoms with Gasteiger partial charge in [-0.2, -0.15) is 0 Å². The van der Waals surface area contributed by atoms with Gasteiger partial charge in [0.1, 0.15) is 10.7 Å². The standard InChI is InChI=1S/C15H19N3O2S/c1-10(16)15-18-13(9-21-15)14(20)17-12(8-19)7-11-5-3-2-4-6-11/h2-6,9-10,12,19H,7-8,16H2,1H3,(H,17,20). The molecule has 21 heavy (non-hydrogen) atoms. The summed E-state index contributed by atoms with van der Waals surface area (Å²) in [6.45, 7) is 1.71. The van der Waals surface area contributed by atoms with Gasteiger partial charge in [-0.15, -0.1) is 11.3 Å². The van der Waals surface area contributed by atoms with Crippen LogP contribution in [-0.4, -0.2) is 28.6 Å². The molecule has 0 radical (unpaired) electrons. The van der Waals surface area contributed by atoms with E-state index in [-0.39, 0.29) is 24.6 Å². The maximum absolute atomic E-state index is 12.1. The lowest BCUT2D eigenvalue weighted by Gasteiger charge is -2.15. The van der Waals surface area contributed by atoms with Crippen molar-refractivity contribution in [3.8, 4) is 0 Å². The molecule has 0 aliphatic carbocycles. The fourth-order valence-electron chi connectivity index (χ4n) is 1.92. The van der Waals surface area contributed by atoms with Crippen LogP contribution in [0.4, 0.5) is 0 Å². The highest BCUT2D eigenvalue weighted by molar-refractivity contribution is 7.09. The zero-order valence-corrected chi connectivity index (χ0v) is 12.6. The van der Waals surface area contributed by atoms with E-state index < -0.39 is 0 Å². The fourth-order valence-corrected chi connectivity index (χ4v) is 2.68. The Kier molecular flexibility index (Phi) is 5.44. The number of nitrogens with one attached hydrogen (secondary N) is 1. The van der Waals surface area contributed by atoms with Gasteiger partial charge in [0, 0.05) is 5.38 Å². The number of aliphatic hydroxyl groups excluding tert-OH is 1. The average molecular weight is 305 g/mol. The van der Waals surface area contributed by atoms with Gasteiger partial charge in [0.05, 0.1) is 18.7 Å². The highest BCUT2D eigenvalue weighted by Gasteiger charge is 2.17. The van der Waals surface area contributed by atoms with Crippen molar-refractivity contribution in [3.63, 3.8) is 0 Å². The third kappa shape index (κ3) is 4.35. The van der Waals surface area contributed by atoms with Crippen molar-refractivity contribution in [3.05, 3.63) is 52.0 Å². The molecular weight excluding hydrogens is 286 g/mol. The lowest BCUT2D eigenvalue weighted by molar-refractivity contribution is 0.0912. The second kappa shape index (κ2) is 7.31. The minimum Gasteiger partial charge on any atom is -0.394 e. The molecule has 0 saturated heterocycles. The number of hydrogen-bond donors (Lipinski definition) is 3. The summed E-state index contributed by atoms with van der Waals surface area (Å²) >= 11 is 1.37. The van der Waals surface area contributed by atoms with Crippen molar-refractivity contribution >= 4 is 17.2 Å². The van der Waals surface area contributed by atoms with Crippen LogP contribution in [0.25, 0.3) is 0 Å². The predicted molar refractivity (Wildman–Crippen MR) is 83.2 cm³/mol. The Labute approximate surface area is 127 Å². The molecular formula is C15H19N3O2S. The number of thiazole rings is 1. The zero-order chi connectivity index (χ0) is 15.2. The number of benzene rings is 1. The van der Waals surface area contributed by atoms with Gasteiger partial charge in [0.15, 0.2) is 0 Å². The number of carbonyl (C=O) groups is 1. The van der Waals surface area contributed by atoms with Crippen molar-refractivity contribution < 1.29 is 9.90 Å². The van der Waals surface area contributed by atoms with E-state index in [1.54, 1.807) is 5.38 Å². The Morgan fingerprint density at radius 1 is 1.43 bits per heavy atom. The summed E-state index contributed by atoms with van der Waals surface area (Å²) in [6.07, 6.45) is 0.577. The van der Waals surface area contributed by atoms with Crippen LogP contribution in [0.15, 0.2) is 35.7 Å². The molecule has 0 fully saturated rings. The van der Waals surface area contributed by atoms with Gasteiger partial charge in [-0.25, -0.2) is 4.98 Å². The minimum absolute atomic E-state index is 0.120. The van der Waals surface area contributed by atoms with Crippen LogP contribution in [0.5, 0.6) is 0 Å². The molecule has 0 aliphatic rings. The molecule has 4 N–H and O–H groups in total. The first-order valence-corrected chi connectivity index (χ1v) is 7.64. The Hall–Kier alpha value is -1.76. The summed E-state index contributed by atoms with van der Waals surface area (Å²) in [5, 5.41) is 14.6. The summed E-state index contributed by atoms with van der Waals surface area (Å²) < 4.78 is 0. The third-order valence-corrected chi connectivity index (χ3v) is 4.07. The summed E-state index contributed by atoms with van der Waals surface area (Å²) in [6, 6.07) is 9.20. The van der Waals surface area contributed by atoms with Crippen molar-refractivity contribution in [2.75, 3.05) is 6.61 Å². The van der Waals surface area contributed by atoms with E-state index in [0.717, 1.165) is 10.6 Å². The number of amides is 1. The maximum Gasteiger partial charge on any atom is 0.271 e. The molecule has 2 atom stereocenters. The third-order valence-electron chi connectivity index (χ3n) is 3.02. The SMILES string of the molecule is CC(N)c1nc(C(=O)NC(CO)Cc2ccccc2)cs1. The quantitative estimate of drug-likeness (QED) is 0.754. The summed E-state index contributed by atoms with van der Waals surface area (Å²) in [4.78, 5) is 16.3. The number of nitrogens with two attached hydrogens (primary N) is 1. The van der Waals surface area contributed by atoms with E-state index in [1.165, 1.54) is 11.3 Å². The van der Waals surface area contributed by atoms with E-state index in [2.05, 4.69) is 10.3 Å². The second-order valence-corrected chi connectivity index (χ2v) is 5.79. The predicted octanol–water partition coefficient (Wildman–Crippen LogP) is 1.50. The van der Waals surface area contributed by atoms with Crippen molar-refractivity contribution in [1.82, 2.24) is 10.3 Å². The molecule has 1 heterocycles. The lowest BCUT2D eigenvalue weighted by atomic mass is 10.1. The van der Waals surface area contributed by atoms with Crippen LogP contribution >= 0.6 is 11.3 Å². The molecule has 0 saturated carbocycles. The topological polar surface area (TPSA) is 88.2 Å². The molecule has 5 nitrogen and oxygen atoms in total. The van der Waals surface area contributed by atoms with Crippen LogP contribution in [0, 0.1) is 0 Å². The average Bonchev–Trinajstić information content (AvgIpc) is 2.97. The van der Waals surface area contributed by atoms with E-state index in [1.807, 2.05) is 37.3 Å². The maximum atomic E-state index is 12.1. The molecule has 112 valence electrons. The Morgan fingerprint density at radius 2 is 2.14 bits per heavy atom. The van der Waals surface area contributed by atoms with E-state index in [0.29, 0.717) is 12.1 Å². The molecule has 2 unspecified atom stereocenters. The molecule has 2 rings (SSSR count). The number of aliphatic hydroxyl groups is 1. The number of hydrogen-bond acceptors (Lipinski definition) is 5. The van der Waals surface area contributed by atoms with Gasteiger partial charge >= 0.3 is 0 Å². The summed E-state index contributed by atoms with van der Waals surface area (Å²) in [5.41, 5.74) is 7.14. The number of carbonyl (C=O) groups excluding carboxylic acids is 1. The van der Waals surface area contributed by atoms with Crippen LogP contribution < -0.4 is 11.1 Å². The second-order valence-electron chi connectivity index (χ2n) is 4.90. The summed E-state index contributed by atoms with van der Waals surface area (Å²) in [7, 11) is 0. The van der Waals surface area contributed by atoms with E-state index in [4.69, 9.17) is 5.73 Å². The van der Waals surface area contributed by atoms with Crippen molar-refractivity contribution in [2.24, 2.45) is 5.73 Å². The van der Waals surface area contributed by atoms with Gasteiger partial charge in [-0.3, -0.25) is 4.79 Å². The van der Waals surface area contributed by atoms with Crippen molar-refractivity contribution in [1.29, 1.82) is 0 Å². The molecule has 0 bridgehead atoms. The van der Waals surface area contributed by atoms with Gasteiger partial charge < -0.3 is 16.2 Å². The molecule has 1 amide bonds. The molecule has 1 aromatic carbocycles. The molecule has 0 spiro atoms. The van der Waals surface area contributed by atoms with Gasteiger partial charge in [0.2, 0.25) is 0 Å². The van der Waals surface area contributed by atoms with Gasteiger partial charge in [-0.05, 0) is 18.9 Å².